The number of aromatic nitrogens is 1. The molecule has 122 valence electrons. The van der Waals surface area contributed by atoms with Crippen molar-refractivity contribution in [3.05, 3.63) is 57.4 Å². The number of hydrogen-bond acceptors (Lipinski definition) is 3. The summed E-state index contributed by atoms with van der Waals surface area (Å²) >= 11 is 1.59. The summed E-state index contributed by atoms with van der Waals surface area (Å²) in [4.78, 5) is 30.0. The normalized spacial score (nSPS) is 13.9. The molecule has 3 aromatic rings. The zero-order valence-corrected chi connectivity index (χ0v) is 13.7. The zero-order valence-electron chi connectivity index (χ0n) is 12.9. The van der Waals surface area contributed by atoms with Crippen LogP contribution in [0.1, 0.15) is 26.5 Å². The summed E-state index contributed by atoms with van der Waals surface area (Å²) in [5.41, 5.74) is 3.34. The molecule has 0 saturated carbocycles. The van der Waals surface area contributed by atoms with Gasteiger partial charge in [-0.1, -0.05) is 6.07 Å². The van der Waals surface area contributed by atoms with E-state index >= 15 is 0 Å². The molecule has 2 N–H and O–H groups in total. The third-order valence-electron chi connectivity index (χ3n) is 4.48. The number of nitrogens with one attached hydrogen (secondary N) is 1. The fraction of sp³-hybridized carbons (Fsp3) is 0.222. The van der Waals surface area contributed by atoms with Gasteiger partial charge in [0.15, 0.2) is 0 Å². The zero-order chi connectivity index (χ0) is 16.7. The van der Waals surface area contributed by atoms with Gasteiger partial charge in [0.2, 0.25) is 5.91 Å². The first-order chi connectivity index (χ1) is 11.6. The third kappa shape index (κ3) is 2.59. The minimum atomic E-state index is -0.937. The highest BCUT2D eigenvalue weighted by molar-refractivity contribution is 7.10. The van der Waals surface area contributed by atoms with Crippen molar-refractivity contribution in [1.82, 2.24) is 9.88 Å². The second-order valence-corrected chi connectivity index (χ2v) is 7.00. The Morgan fingerprint density at radius 1 is 1.29 bits per heavy atom. The number of carbonyl (C=O) groups is 2. The lowest BCUT2D eigenvalue weighted by Gasteiger charge is -2.27. The molecule has 0 radical (unpaired) electrons. The van der Waals surface area contributed by atoms with Crippen LogP contribution in [0.4, 0.5) is 0 Å². The van der Waals surface area contributed by atoms with Gasteiger partial charge in [-0.15, -0.1) is 11.3 Å². The van der Waals surface area contributed by atoms with Crippen molar-refractivity contribution in [3.8, 4) is 0 Å². The fourth-order valence-electron chi connectivity index (χ4n) is 3.23. The van der Waals surface area contributed by atoms with Crippen molar-refractivity contribution < 1.29 is 14.7 Å². The average Bonchev–Trinajstić information content (AvgIpc) is 3.20. The van der Waals surface area contributed by atoms with E-state index < -0.39 is 5.97 Å². The Labute approximate surface area is 142 Å². The Balaban J connectivity index is 1.63. The number of thiophene rings is 1. The fourth-order valence-corrected chi connectivity index (χ4v) is 3.93. The SMILES string of the molecule is O=C(O)c1ccc2[nH]c3c(c2c1)CN(C(=O)Cc1cccs1)CC3. The van der Waals surface area contributed by atoms with E-state index in [4.69, 9.17) is 0 Å². The van der Waals surface area contributed by atoms with Gasteiger partial charge in [-0.2, -0.15) is 0 Å². The van der Waals surface area contributed by atoms with Crippen molar-refractivity contribution in [2.45, 2.75) is 19.4 Å². The number of nitrogens with zero attached hydrogens (tertiary/aromatic N) is 1. The topological polar surface area (TPSA) is 73.4 Å². The van der Waals surface area contributed by atoms with Crippen molar-refractivity contribution >= 4 is 34.1 Å². The summed E-state index contributed by atoms with van der Waals surface area (Å²) in [6, 6.07) is 9.03. The Bertz CT molecular complexity index is 927. The molecule has 1 aliphatic rings. The smallest absolute Gasteiger partial charge is 0.335 e. The van der Waals surface area contributed by atoms with Crippen LogP contribution >= 0.6 is 11.3 Å². The van der Waals surface area contributed by atoms with Gasteiger partial charge in [-0.05, 0) is 29.6 Å². The monoisotopic (exact) mass is 340 g/mol. The van der Waals surface area contributed by atoms with Crippen molar-refractivity contribution in [2.75, 3.05) is 6.54 Å². The molecule has 0 bridgehead atoms. The highest BCUT2D eigenvalue weighted by Crippen LogP contribution is 2.29. The molecule has 0 unspecified atom stereocenters. The number of hydrogen-bond donors (Lipinski definition) is 2. The minimum Gasteiger partial charge on any atom is -0.478 e. The van der Waals surface area contributed by atoms with Crippen molar-refractivity contribution in [3.63, 3.8) is 0 Å². The number of carbonyl (C=O) groups excluding carboxylic acids is 1. The molecule has 1 amide bonds. The first kappa shape index (κ1) is 15.0. The number of aromatic amines is 1. The molecule has 6 heteroatoms. The van der Waals surface area contributed by atoms with E-state index in [0.29, 0.717) is 19.5 Å². The quantitative estimate of drug-likeness (QED) is 0.769. The van der Waals surface area contributed by atoms with E-state index in [1.807, 2.05) is 22.4 Å². The van der Waals surface area contributed by atoms with E-state index in [0.717, 1.165) is 33.5 Å². The van der Waals surface area contributed by atoms with E-state index in [1.165, 1.54) is 0 Å². The molecule has 1 aromatic carbocycles. The molecule has 0 fully saturated rings. The highest BCUT2D eigenvalue weighted by atomic mass is 32.1. The number of rotatable bonds is 3. The predicted octanol–water partition coefficient (Wildman–Crippen LogP) is 3.06. The van der Waals surface area contributed by atoms with Crippen LogP contribution in [0.3, 0.4) is 0 Å². The maximum atomic E-state index is 12.5. The van der Waals surface area contributed by atoms with Crippen LogP contribution < -0.4 is 0 Å². The number of amides is 1. The molecule has 24 heavy (non-hydrogen) atoms. The Hall–Kier alpha value is -2.60. The molecular weight excluding hydrogens is 324 g/mol. The standard InChI is InChI=1S/C18H16N2O3S/c21-17(9-12-2-1-7-24-12)20-6-5-16-14(10-20)13-8-11(18(22)23)3-4-15(13)19-16/h1-4,7-8,19H,5-6,9-10H2,(H,22,23). The van der Waals surface area contributed by atoms with Gasteiger partial charge in [0.25, 0.3) is 0 Å². The van der Waals surface area contributed by atoms with Crippen LogP contribution in [0.15, 0.2) is 35.7 Å². The van der Waals surface area contributed by atoms with Gasteiger partial charge >= 0.3 is 5.97 Å². The molecular formula is C18H16N2O3S. The Morgan fingerprint density at radius 3 is 2.92 bits per heavy atom. The lowest BCUT2D eigenvalue weighted by Crippen LogP contribution is -2.36. The van der Waals surface area contributed by atoms with E-state index in [2.05, 4.69) is 4.98 Å². The molecule has 5 nitrogen and oxygen atoms in total. The predicted molar refractivity (Wildman–Crippen MR) is 92.4 cm³/mol. The average molecular weight is 340 g/mol. The number of H-pyrrole nitrogens is 1. The van der Waals surface area contributed by atoms with Crippen LogP contribution in [-0.4, -0.2) is 33.4 Å². The molecule has 1 aliphatic heterocycles. The maximum Gasteiger partial charge on any atom is 0.335 e. The second-order valence-electron chi connectivity index (χ2n) is 5.97. The summed E-state index contributed by atoms with van der Waals surface area (Å²) in [6.07, 6.45) is 1.19. The molecule has 0 atom stereocenters. The van der Waals surface area contributed by atoms with Crippen LogP contribution in [0.2, 0.25) is 0 Å². The molecule has 0 spiro atoms. The Kier molecular flexibility index (Phi) is 3.61. The summed E-state index contributed by atoms with van der Waals surface area (Å²) < 4.78 is 0. The van der Waals surface area contributed by atoms with Gasteiger partial charge < -0.3 is 15.0 Å². The number of fused-ring (bicyclic) bond motifs is 3. The Morgan fingerprint density at radius 2 is 2.17 bits per heavy atom. The molecule has 2 aromatic heterocycles. The van der Waals surface area contributed by atoms with Gasteiger partial charge in [0, 0.05) is 46.5 Å². The number of carboxylic acid groups (broad SMARTS) is 1. The van der Waals surface area contributed by atoms with E-state index in [-0.39, 0.29) is 11.5 Å². The summed E-state index contributed by atoms with van der Waals surface area (Å²) in [5, 5.41) is 12.1. The van der Waals surface area contributed by atoms with E-state index in [1.54, 1.807) is 29.5 Å². The summed E-state index contributed by atoms with van der Waals surface area (Å²) in [5.74, 6) is -0.819. The van der Waals surface area contributed by atoms with Gasteiger partial charge in [0.1, 0.15) is 0 Å². The largest absolute Gasteiger partial charge is 0.478 e. The molecule has 0 aliphatic carbocycles. The van der Waals surface area contributed by atoms with Crippen LogP contribution in [0, 0.1) is 0 Å². The molecule has 3 heterocycles. The second kappa shape index (κ2) is 5.79. The van der Waals surface area contributed by atoms with Crippen LogP contribution in [0.25, 0.3) is 10.9 Å². The summed E-state index contributed by atoms with van der Waals surface area (Å²) in [7, 11) is 0. The minimum absolute atomic E-state index is 0.117. The van der Waals surface area contributed by atoms with Crippen LogP contribution in [0.5, 0.6) is 0 Å². The van der Waals surface area contributed by atoms with E-state index in [9.17, 15) is 14.7 Å². The molecule has 0 saturated heterocycles. The number of aromatic carboxylic acids is 1. The van der Waals surface area contributed by atoms with Gasteiger partial charge in [-0.3, -0.25) is 4.79 Å². The summed E-state index contributed by atoms with van der Waals surface area (Å²) in [6.45, 7) is 1.22. The van der Waals surface area contributed by atoms with Crippen molar-refractivity contribution in [2.24, 2.45) is 0 Å². The number of carboxylic acids is 1. The first-order valence-electron chi connectivity index (χ1n) is 7.79. The lowest BCUT2D eigenvalue weighted by molar-refractivity contribution is -0.131. The van der Waals surface area contributed by atoms with Gasteiger partial charge in [0.05, 0.1) is 12.0 Å². The first-order valence-corrected chi connectivity index (χ1v) is 8.66. The third-order valence-corrected chi connectivity index (χ3v) is 5.36. The molecule has 4 rings (SSSR count). The maximum absolute atomic E-state index is 12.5. The lowest BCUT2D eigenvalue weighted by atomic mass is 10.0. The van der Waals surface area contributed by atoms with Crippen LogP contribution in [-0.2, 0) is 24.2 Å². The number of benzene rings is 1. The van der Waals surface area contributed by atoms with Crippen molar-refractivity contribution in [1.29, 1.82) is 0 Å². The van der Waals surface area contributed by atoms with Gasteiger partial charge in [-0.25, -0.2) is 4.79 Å². The highest BCUT2D eigenvalue weighted by Gasteiger charge is 2.24.